The number of aromatic amines is 1. The molecule has 2 aromatic carbocycles. The monoisotopic (exact) mass is 338 g/mol. The van der Waals surface area contributed by atoms with Crippen LogP contribution in [0.5, 0.6) is 5.75 Å². The summed E-state index contributed by atoms with van der Waals surface area (Å²) >= 11 is 0. The molecule has 0 spiro atoms. The standard InChI is InChI=1S/C18H15FN4O2/c1-2-9-25-14-7-8-16-15(10-14)17(23-22-16)21-18(24)20-11-12-3-5-13(19)6-4-12/h1,3-8,10H,9,11H2,(H3,20,21,22,23,24). The van der Waals surface area contributed by atoms with Gasteiger partial charge >= 0.3 is 6.03 Å². The molecule has 1 aromatic heterocycles. The number of carbonyl (C=O) groups is 1. The highest BCUT2D eigenvalue weighted by Crippen LogP contribution is 2.25. The van der Waals surface area contributed by atoms with Crippen LogP contribution in [0.2, 0.25) is 0 Å². The first kappa shape index (κ1) is 16.3. The van der Waals surface area contributed by atoms with E-state index in [9.17, 15) is 9.18 Å². The second-order valence-corrected chi connectivity index (χ2v) is 5.21. The minimum Gasteiger partial charge on any atom is -0.481 e. The number of ether oxygens (including phenoxy) is 1. The highest BCUT2D eigenvalue weighted by Gasteiger charge is 2.10. The lowest BCUT2D eigenvalue weighted by Crippen LogP contribution is -2.28. The predicted octanol–water partition coefficient (Wildman–Crippen LogP) is 3.04. The number of aromatic nitrogens is 2. The van der Waals surface area contributed by atoms with Gasteiger partial charge in [0.15, 0.2) is 5.82 Å². The molecule has 7 heteroatoms. The Kier molecular flexibility index (Phi) is 4.81. The lowest BCUT2D eigenvalue weighted by Gasteiger charge is -2.07. The number of anilines is 1. The zero-order chi connectivity index (χ0) is 17.6. The van der Waals surface area contributed by atoms with Gasteiger partial charge in [0, 0.05) is 11.9 Å². The van der Waals surface area contributed by atoms with Crippen molar-refractivity contribution in [1.82, 2.24) is 15.5 Å². The van der Waals surface area contributed by atoms with Gasteiger partial charge in [-0.2, -0.15) is 5.10 Å². The van der Waals surface area contributed by atoms with Gasteiger partial charge in [0.25, 0.3) is 0 Å². The van der Waals surface area contributed by atoms with E-state index in [-0.39, 0.29) is 19.0 Å². The number of H-pyrrole nitrogens is 1. The van der Waals surface area contributed by atoms with E-state index in [0.29, 0.717) is 17.0 Å². The summed E-state index contributed by atoms with van der Waals surface area (Å²) in [5, 5.41) is 13.0. The minimum atomic E-state index is -0.423. The molecule has 25 heavy (non-hydrogen) atoms. The third-order valence-corrected chi connectivity index (χ3v) is 3.45. The van der Waals surface area contributed by atoms with Crippen LogP contribution in [-0.2, 0) is 6.54 Å². The molecule has 0 bridgehead atoms. The van der Waals surface area contributed by atoms with Gasteiger partial charge in [-0.05, 0) is 35.9 Å². The number of hydrogen-bond acceptors (Lipinski definition) is 3. The number of terminal acetylenes is 1. The second kappa shape index (κ2) is 7.36. The van der Waals surface area contributed by atoms with Gasteiger partial charge in [0.2, 0.25) is 0 Å². The Balaban J connectivity index is 1.66. The highest BCUT2D eigenvalue weighted by molar-refractivity contribution is 5.99. The Labute approximate surface area is 143 Å². The lowest BCUT2D eigenvalue weighted by molar-refractivity contribution is 0.251. The molecule has 0 fully saturated rings. The molecule has 0 aliphatic carbocycles. The minimum absolute atomic E-state index is 0.157. The molecular formula is C18H15FN4O2. The number of nitrogens with zero attached hydrogens (tertiary/aromatic N) is 1. The molecule has 3 N–H and O–H groups in total. The van der Waals surface area contributed by atoms with E-state index in [1.807, 2.05) is 0 Å². The molecule has 0 saturated heterocycles. The van der Waals surface area contributed by atoms with Crippen LogP contribution < -0.4 is 15.4 Å². The molecule has 6 nitrogen and oxygen atoms in total. The number of hydrogen-bond donors (Lipinski definition) is 3. The van der Waals surface area contributed by atoms with Crippen molar-refractivity contribution in [1.29, 1.82) is 0 Å². The lowest BCUT2D eigenvalue weighted by atomic mass is 10.2. The van der Waals surface area contributed by atoms with Gasteiger partial charge in [-0.25, -0.2) is 9.18 Å². The van der Waals surface area contributed by atoms with Gasteiger partial charge in [-0.1, -0.05) is 18.1 Å². The number of amides is 2. The third-order valence-electron chi connectivity index (χ3n) is 3.45. The van der Waals surface area contributed by atoms with Gasteiger partial charge in [0.05, 0.1) is 5.52 Å². The maximum absolute atomic E-state index is 12.9. The van der Waals surface area contributed by atoms with Crippen LogP contribution >= 0.6 is 0 Å². The summed E-state index contributed by atoms with van der Waals surface area (Å²) in [6.45, 7) is 0.426. The highest BCUT2D eigenvalue weighted by atomic mass is 19.1. The molecule has 0 aliphatic heterocycles. The van der Waals surface area contributed by atoms with Crippen molar-refractivity contribution in [3.63, 3.8) is 0 Å². The van der Waals surface area contributed by atoms with Crippen LogP contribution in [0.4, 0.5) is 15.0 Å². The van der Waals surface area contributed by atoms with E-state index in [1.165, 1.54) is 12.1 Å². The number of carbonyl (C=O) groups excluding carboxylic acids is 1. The number of benzene rings is 2. The Morgan fingerprint density at radius 3 is 2.84 bits per heavy atom. The topological polar surface area (TPSA) is 79.0 Å². The fraction of sp³-hybridized carbons (Fsp3) is 0.111. The summed E-state index contributed by atoms with van der Waals surface area (Å²) in [7, 11) is 0. The van der Waals surface area contributed by atoms with E-state index >= 15 is 0 Å². The maximum Gasteiger partial charge on any atom is 0.320 e. The molecule has 3 aromatic rings. The molecule has 2 amide bonds. The van der Waals surface area contributed by atoms with E-state index in [2.05, 4.69) is 26.8 Å². The number of rotatable bonds is 5. The number of nitrogens with one attached hydrogen (secondary N) is 3. The molecule has 0 saturated carbocycles. The van der Waals surface area contributed by atoms with E-state index in [4.69, 9.17) is 11.2 Å². The number of fused-ring (bicyclic) bond motifs is 1. The summed E-state index contributed by atoms with van der Waals surface area (Å²) in [6.07, 6.45) is 5.17. The van der Waals surface area contributed by atoms with Crippen LogP contribution in [0, 0.1) is 18.2 Å². The first-order valence-corrected chi connectivity index (χ1v) is 7.49. The van der Waals surface area contributed by atoms with Crippen LogP contribution in [0.25, 0.3) is 10.9 Å². The fourth-order valence-corrected chi connectivity index (χ4v) is 2.24. The van der Waals surface area contributed by atoms with Crippen molar-refractivity contribution in [3.05, 3.63) is 53.8 Å². The third kappa shape index (κ3) is 4.06. The first-order chi connectivity index (χ1) is 12.2. The quantitative estimate of drug-likeness (QED) is 0.626. The van der Waals surface area contributed by atoms with E-state index in [0.717, 1.165) is 11.1 Å². The molecule has 3 rings (SSSR count). The molecule has 0 unspecified atom stereocenters. The summed E-state index contributed by atoms with van der Waals surface area (Å²) in [4.78, 5) is 12.0. The molecule has 126 valence electrons. The van der Waals surface area contributed by atoms with Gasteiger partial charge < -0.3 is 10.1 Å². The number of halogens is 1. The average Bonchev–Trinajstić information content (AvgIpc) is 3.01. The molecule has 0 atom stereocenters. The molecular weight excluding hydrogens is 323 g/mol. The Bertz CT molecular complexity index is 928. The number of urea groups is 1. The zero-order valence-corrected chi connectivity index (χ0v) is 13.2. The predicted molar refractivity (Wildman–Crippen MR) is 92.7 cm³/mol. The van der Waals surface area contributed by atoms with Crippen LogP contribution in [0.15, 0.2) is 42.5 Å². The molecule has 0 aliphatic rings. The van der Waals surface area contributed by atoms with Gasteiger partial charge in [0.1, 0.15) is 18.2 Å². The fourth-order valence-electron chi connectivity index (χ4n) is 2.24. The summed E-state index contributed by atoms with van der Waals surface area (Å²) in [6, 6.07) is 10.8. The normalized spacial score (nSPS) is 10.2. The summed E-state index contributed by atoms with van der Waals surface area (Å²) in [5.41, 5.74) is 1.54. The van der Waals surface area contributed by atoms with E-state index < -0.39 is 6.03 Å². The van der Waals surface area contributed by atoms with Gasteiger partial charge in [-0.3, -0.25) is 10.4 Å². The zero-order valence-electron chi connectivity index (χ0n) is 13.2. The summed E-state index contributed by atoms with van der Waals surface area (Å²) in [5.74, 6) is 3.03. The SMILES string of the molecule is C#CCOc1ccc2[nH]nc(NC(=O)NCc3ccc(F)cc3)c2c1. The average molecular weight is 338 g/mol. The van der Waals surface area contributed by atoms with Crippen LogP contribution in [0.1, 0.15) is 5.56 Å². The molecule has 1 heterocycles. The van der Waals surface area contributed by atoms with E-state index in [1.54, 1.807) is 30.3 Å². The van der Waals surface area contributed by atoms with Crippen molar-refractivity contribution in [3.8, 4) is 18.1 Å². The van der Waals surface area contributed by atoms with Crippen molar-refractivity contribution in [2.75, 3.05) is 11.9 Å². The Morgan fingerprint density at radius 2 is 2.08 bits per heavy atom. The maximum atomic E-state index is 12.9. The van der Waals surface area contributed by atoms with Crippen molar-refractivity contribution in [2.45, 2.75) is 6.54 Å². The Morgan fingerprint density at radius 1 is 1.28 bits per heavy atom. The first-order valence-electron chi connectivity index (χ1n) is 7.49. The Hall–Kier alpha value is -3.53. The van der Waals surface area contributed by atoms with Gasteiger partial charge in [-0.15, -0.1) is 6.42 Å². The summed E-state index contributed by atoms with van der Waals surface area (Å²) < 4.78 is 18.2. The largest absolute Gasteiger partial charge is 0.481 e. The second-order valence-electron chi connectivity index (χ2n) is 5.21. The van der Waals surface area contributed by atoms with Crippen molar-refractivity contribution >= 4 is 22.8 Å². The van der Waals surface area contributed by atoms with Crippen molar-refractivity contribution < 1.29 is 13.9 Å². The van der Waals surface area contributed by atoms with Crippen LogP contribution in [-0.4, -0.2) is 22.8 Å². The van der Waals surface area contributed by atoms with Crippen molar-refractivity contribution in [2.24, 2.45) is 0 Å². The smallest absolute Gasteiger partial charge is 0.320 e. The van der Waals surface area contributed by atoms with Crippen LogP contribution in [0.3, 0.4) is 0 Å². The molecule has 0 radical (unpaired) electrons.